The fourth-order valence-corrected chi connectivity index (χ4v) is 2.58. The number of nitrogens with two attached hydrogens (primary N) is 1. The van der Waals surface area contributed by atoms with Gasteiger partial charge in [0.25, 0.3) is 0 Å². The molecule has 1 atom stereocenters. The molecule has 1 aromatic carbocycles. The van der Waals surface area contributed by atoms with Crippen molar-refractivity contribution in [3.8, 4) is 5.75 Å². The van der Waals surface area contributed by atoms with E-state index in [1.165, 1.54) is 7.11 Å². The first-order valence-electron chi connectivity index (χ1n) is 7.06. The lowest BCUT2D eigenvalue weighted by Gasteiger charge is -2.33. The number of carbonyl (C=O) groups excluding carboxylic acids is 1. The summed E-state index contributed by atoms with van der Waals surface area (Å²) in [7, 11) is 1.54. The van der Waals surface area contributed by atoms with Crippen molar-refractivity contribution in [2.45, 2.75) is 25.0 Å². The summed E-state index contributed by atoms with van der Waals surface area (Å²) in [5, 5.41) is 0.609. The van der Waals surface area contributed by atoms with Gasteiger partial charge in [0, 0.05) is 33.0 Å². The molecule has 0 bridgehead atoms. The largest absolute Gasteiger partial charge is 0.489 e. The summed E-state index contributed by atoms with van der Waals surface area (Å²) >= 11 is 6.08. The second kappa shape index (κ2) is 9.20. The van der Waals surface area contributed by atoms with Crippen LogP contribution in [0.3, 0.4) is 0 Å². The first-order chi connectivity index (χ1) is 10.1. The highest BCUT2D eigenvalue weighted by Crippen LogP contribution is 2.26. The van der Waals surface area contributed by atoms with Gasteiger partial charge in [-0.3, -0.25) is 4.79 Å². The van der Waals surface area contributed by atoms with Crippen LogP contribution in [0.25, 0.3) is 0 Å². The standard InChI is InChI=1S/C15H21ClN2O3.ClH/c1-20-10-13(17)15(19)18-8-6-11(7-9-18)21-14-5-3-2-4-12(14)16;/h2-5,11,13H,6-10,17H2,1H3;1H. The van der Waals surface area contributed by atoms with Crippen molar-refractivity contribution in [2.24, 2.45) is 5.73 Å². The second-order valence-electron chi connectivity index (χ2n) is 5.13. The number of carbonyl (C=O) groups is 1. The van der Waals surface area contributed by atoms with Gasteiger partial charge in [0.05, 0.1) is 11.6 Å². The lowest BCUT2D eigenvalue weighted by Crippen LogP contribution is -2.50. The maximum Gasteiger partial charge on any atom is 0.241 e. The van der Waals surface area contributed by atoms with E-state index >= 15 is 0 Å². The number of methoxy groups -OCH3 is 1. The zero-order chi connectivity index (χ0) is 15.2. The van der Waals surface area contributed by atoms with Crippen molar-refractivity contribution in [1.29, 1.82) is 0 Å². The monoisotopic (exact) mass is 348 g/mol. The third kappa shape index (κ3) is 5.02. The Morgan fingerprint density at radius 2 is 2.05 bits per heavy atom. The molecule has 1 aromatic rings. The number of piperidine rings is 1. The van der Waals surface area contributed by atoms with Gasteiger partial charge in [-0.15, -0.1) is 12.4 Å². The molecule has 22 heavy (non-hydrogen) atoms. The molecule has 1 aliphatic heterocycles. The van der Waals surface area contributed by atoms with Crippen LogP contribution in [-0.4, -0.2) is 49.8 Å². The number of rotatable bonds is 5. The first kappa shape index (κ1) is 19.0. The number of halogens is 2. The lowest BCUT2D eigenvalue weighted by atomic mass is 10.1. The molecule has 0 aliphatic carbocycles. The van der Waals surface area contributed by atoms with Crippen LogP contribution in [0.2, 0.25) is 5.02 Å². The number of hydrogen-bond acceptors (Lipinski definition) is 4. The van der Waals surface area contributed by atoms with Crippen LogP contribution in [0.15, 0.2) is 24.3 Å². The lowest BCUT2D eigenvalue weighted by molar-refractivity contribution is -0.135. The van der Waals surface area contributed by atoms with Gasteiger partial charge in [0.1, 0.15) is 17.9 Å². The smallest absolute Gasteiger partial charge is 0.241 e. The Bertz CT molecular complexity index is 480. The Hall–Kier alpha value is -1.01. The zero-order valence-corrected chi connectivity index (χ0v) is 14.1. The minimum Gasteiger partial charge on any atom is -0.489 e. The Kier molecular flexibility index (Phi) is 7.96. The van der Waals surface area contributed by atoms with E-state index in [1.54, 1.807) is 11.0 Å². The van der Waals surface area contributed by atoms with Crippen LogP contribution in [0, 0.1) is 0 Å². The van der Waals surface area contributed by atoms with Gasteiger partial charge >= 0.3 is 0 Å². The summed E-state index contributed by atoms with van der Waals surface area (Å²) in [5.74, 6) is 0.632. The molecular formula is C15H22Cl2N2O3. The fraction of sp³-hybridized carbons (Fsp3) is 0.533. The average Bonchev–Trinajstić information content (AvgIpc) is 2.50. The number of para-hydroxylation sites is 1. The molecule has 1 unspecified atom stereocenters. The summed E-state index contributed by atoms with van der Waals surface area (Å²) < 4.78 is 10.8. The molecule has 1 fully saturated rings. The summed E-state index contributed by atoms with van der Waals surface area (Å²) in [5.41, 5.74) is 5.77. The van der Waals surface area contributed by atoms with Crippen LogP contribution in [-0.2, 0) is 9.53 Å². The van der Waals surface area contributed by atoms with Gasteiger partial charge in [-0.2, -0.15) is 0 Å². The Morgan fingerprint density at radius 1 is 1.41 bits per heavy atom. The highest BCUT2D eigenvalue weighted by molar-refractivity contribution is 6.32. The minimum absolute atomic E-state index is 0. The molecule has 7 heteroatoms. The second-order valence-corrected chi connectivity index (χ2v) is 5.54. The number of amides is 1. The van der Waals surface area contributed by atoms with Gasteiger partial charge in [0.2, 0.25) is 5.91 Å². The summed E-state index contributed by atoms with van der Waals surface area (Å²) in [6.07, 6.45) is 1.63. The van der Waals surface area contributed by atoms with Crippen molar-refractivity contribution in [3.05, 3.63) is 29.3 Å². The predicted molar refractivity (Wildman–Crippen MR) is 88.8 cm³/mol. The van der Waals surface area contributed by atoms with Crippen molar-refractivity contribution in [2.75, 3.05) is 26.8 Å². The van der Waals surface area contributed by atoms with Crippen molar-refractivity contribution < 1.29 is 14.3 Å². The van der Waals surface area contributed by atoms with Gasteiger partial charge in [-0.05, 0) is 12.1 Å². The van der Waals surface area contributed by atoms with Crippen LogP contribution < -0.4 is 10.5 Å². The molecule has 124 valence electrons. The number of nitrogens with zero attached hydrogens (tertiary/aromatic N) is 1. The van der Waals surface area contributed by atoms with E-state index in [9.17, 15) is 4.79 Å². The summed E-state index contributed by atoms with van der Waals surface area (Å²) in [4.78, 5) is 13.8. The Balaban J connectivity index is 0.00000242. The van der Waals surface area contributed by atoms with Crippen molar-refractivity contribution in [3.63, 3.8) is 0 Å². The number of hydrogen-bond donors (Lipinski definition) is 1. The maximum absolute atomic E-state index is 12.1. The minimum atomic E-state index is -0.587. The molecule has 1 amide bonds. The Labute approximate surface area is 142 Å². The van der Waals surface area contributed by atoms with Gasteiger partial charge in [0.15, 0.2) is 0 Å². The summed E-state index contributed by atoms with van der Waals surface area (Å²) in [6.45, 7) is 1.53. The molecule has 1 saturated heterocycles. The van der Waals surface area contributed by atoms with E-state index in [0.29, 0.717) is 23.9 Å². The van der Waals surface area contributed by atoms with E-state index in [-0.39, 0.29) is 31.0 Å². The third-order valence-electron chi connectivity index (χ3n) is 3.55. The fourth-order valence-electron chi connectivity index (χ4n) is 2.40. The highest BCUT2D eigenvalue weighted by atomic mass is 35.5. The van der Waals surface area contributed by atoms with E-state index in [4.69, 9.17) is 26.8 Å². The molecule has 1 aliphatic rings. The normalized spacial score (nSPS) is 16.8. The topological polar surface area (TPSA) is 64.8 Å². The van der Waals surface area contributed by atoms with E-state index < -0.39 is 6.04 Å². The van der Waals surface area contributed by atoms with E-state index in [2.05, 4.69) is 0 Å². The molecular weight excluding hydrogens is 327 g/mol. The van der Waals surface area contributed by atoms with Crippen molar-refractivity contribution in [1.82, 2.24) is 4.90 Å². The maximum atomic E-state index is 12.1. The molecule has 0 spiro atoms. The molecule has 1 heterocycles. The van der Waals surface area contributed by atoms with Gasteiger partial charge < -0.3 is 20.1 Å². The SMILES string of the molecule is COCC(N)C(=O)N1CCC(Oc2ccccc2Cl)CC1.Cl. The van der Waals surface area contributed by atoms with E-state index in [0.717, 1.165) is 12.8 Å². The molecule has 0 radical (unpaired) electrons. The summed E-state index contributed by atoms with van der Waals surface area (Å²) in [6, 6.07) is 6.83. The molecule has 2 rings (SSSR count). The van der Waals surface area contributed by atoms with Gasteiger partial charge in [-0.25, -0.2) is 0 Å². The van der Waals surface area contributed by atoms with Crippen LogP contribution in [0.1, 0.15) is 12.8 Å². The molecule has 0 saturated carbocycles. The van der Waals surface area contributed by atoms with E-state index in [1.807, 2.05) is 18.2 Å². The van der Waals surface area contributed by atoms with Crippen LogP contribution >= 0.6 is 24.0 Å². The zero-order valence-electron chi connectivity index (χ0n) is 12.5. The molecule has 2 N–H and O–H groups in total. The highest BCUT2D eigenvalue weighted by Gasteiger charge is 2.27. The van der Waals surface area contributed by atoms with Crippen LogP contribution in [0.4, 0.5) is 0 Å². The number of likely N-dealkylation sites (tertiary alicyclic amines) is 1. The predicted octanol–water partition coefficient (Wildman–Crippen LogP) is 2.11. The number of benzene rings is 1. The average molecular weight is 349 g/mol. The number of ether oxygens (including phenoxy) is 2. The molecule has 0 aromatic heterocycles. The third-order valence-corrected chi connectivity index (χ3v) is 3.86. The molecule has 5 nitrogen and oxygen atoms in total. The van der Waals surface area contributed by atoms with Crippen molar-refractivity contribution >= 4 is 29.9 Å². The van der Waals surface area contributed by atoms with Crippen LogP contribution in [0.5, 0.6) is 5.75 Å². The quantitative estimate of drug-likeness (QED) is 0.884. The van der Waals surface area contributed by atoms with Gasteiger partial charge in [-0.1, -0.05) is 23.7 Å². The Morgan fingerprint density at radius 3 is 2.64 bits per heavy atom. The first-order valence-corrected chi connectivity index (χ1v) is 7.44.